The number of hydrogen-bond donors (Lipinski definition) is 2. The van der Waals surface area contributed by atoms with Gasteiger partial charge in [0, 0.05) is 0 Å². The van der Waals surface area contributed by atoms with Crippen molar-refractivity contribution in [3.63, 3.8) is 0 Å². The lowest BCUT2D eigenvalue weighted by atomic mass is 9.96. The number of rotatable bonds is 2. The molecule has 1 saturated heterocycles. The van der Waals surface area contributed by atoms with E-state index in [-0.39, 0.29) is 18.0 Å². The van der Waals surface area contributed by atoms with Crippen LogP contribution < -0.4 is 5.32 Å². The quantitative estimate of drug-likeness (QED) is 0.763. The van der Waals surface area contributed by atoms with Crippen molar-refractivity contribution in [1.82, 2.24) is 5.32 Å². The summed E-state index contributed by atoms with van der Waals surface area (Å²) in [5, 5.41) is 10.4. The third kappa shape index (κ3) is 7.11. The van der Waals surface area contributed by atoms with Gasteiger partial charge in [0.05, 0.1) is 5.92 Å². The number of nitrogens with one attached hydrogen (secondary N) is 1. The number of aliphatic carboxylic acids is 1. The van der Waals surface area contributed by atoms with Gasteiger partial charge in [0.2, 0.25) is 0 Å². The molecule has 1 saturated carbocycles. The zero-order valence-corrected chi connectivity index (χ0v) is 12.3. The second-order valence-corrected chi connectivity index (χ2v) is 5.52. The Labute approximate surface area is 127 Å². The van der Waals surface area contributed by atoms with Gasteiger partial charge in [-0.2, -0.15) is 13.2 Å². The number of hydrogen-bond acceptors (Lipinski definition) is 4. The first-order chi connectivity index (χ1) is 10.3. The maximum Gasteiger partial charge on any atom is 0.490 e. The topological polar surface area (TPSA) is 75.6 Å². The third-order valence-corrected chi connectivity index (χ3v) is 3.75. The van der Waals surface area contributed by atoms with E-state index in [0.29, 0.717) is 0 Å². The van der Waals surface area contributed by atoms with Crippen LogP contribution in [0, 0.1) is 5.92 Å². The summed E-state index contributed by atoms with van der Waals surface area (Å²) in [4.78, 5) is 20.7. The van der Waals surface area contributed by atoms with Crippen LogP contribution >= 0.6 is 0 Å². The van der Waals surface area contributed by atoms with Crippen molar-refractivity contribution in [2.24, 2.45) is 5.92 Å². The molecular formula is C14H22F3NO4. The lowest BCUT2D eigenvalue weighted by molar-refractivity contribution is -0.192. The molecule has 0 unspecified atom stereocenters. The van der Waals surface area contributed by atoms with Crippen molar-refractivity contribution in [2.45, 2.75) is 57.2 Å². The Morgan fingerprint density at radius 2 is 1.50 bits per heavy atom. The molecule has 128 valence electrons. The first-order valence-electron chi connectivity index (χ1n) is 7.52. The molecule has 0 radical (unpaired) electrons. The summed E-state index contributed by atoms with van der Waals surface area (Å²) in [6.07, 6.45) is 2.96. The van der Waals surface area contributed by atoms with Crippen molar-refractivity contribution >= 4 is 11.9 Å². The van der Waals surface area contributed by atoms with Gasteiger partial charge in [-0.05, 0) is 51.6 Å². The van der Waals surface area contributed by atoms with Gasteiger partial charge < -0.3 is 15.2 Å². The normalized spacial score (nSPS) is 20.7. The van der Waals surface area contributed by atoms with E-state index in [9.17, 15) is 18.0 Å². The summed E-state index contributed by atoms with van der Waals surface area (Å²) in [5.41, 5.74) is 0. The molecule has 2 rings (SSSR count). The molecular weight excluding hydrogens is 303 g/mol. The van der Waals surface area contributed by atoms with Gasteiger partial charge in [0.1, 0.15) is 6.10 Å². The van der Waals surface area contributed by atoms with Gasteiger partial charge in [-0.15, -0.1) is 0 Å². The highest BCUT2D eigenvalue weighted by Crippen LogP contribution is 2.23. The fraction of sp³-hybridized carbons (Fsp3) is 0.857. The first kappa shape index (κ1) is 18.7. The van der Waals surface area contributed by atoms with Gasteiger partial charge in [0.25, 0.3) is 0 Å². The van der Waals surface area contributed by atoms with E-state index in [1.54, 1.807) is 0 Å². The summed E-state index contributed by atoms with van der Waals surface area (Å²) < 4.78 is 37.3. The third-order valence-electron chi connectivity index (χ3n) is 3.75. The average molecular weight is 325 g/mol. The number of carboxylic acid groups (broad SMARTS) is 1. The fourth-order valence-electron chi connectivity index (χ4n) is 2.50. The van der Waals surface area contributed by atoms with Gasteiger partial charge >= 0.3 is 18.1 Å². The van der Waals surface area contributed by atoms with Crippen molar-refractivity contribution < 1.29 is 32.6 Å². The van der Waals surface area contributed by atoms with E-state index < -0.39 is 12.1 Å². The van der Waals surface area contributed by atoms with Crippen molar-refractivity contribution in [2.75, 3.05) is 13.1 Å². The van der Waals surface area contributed by atoms with E-state index in [4.69, 9.17) is 14.6 Å². The summed E-state index contributed by atoms with van der Waals surface area (Å²) in [7, 11) is 0. The Morgan fingerprint density at radius 3 is 1.95 bits per heavy atom. The molecule has 1 aliphatic carbocycles. The summed E-state index contributed by atoms with van der Waals surface area (Å²) >= 11 is 0. The van der Waals surface area contributed by atoms with E-state index in [2.05, 4.69) is 5.32 Å². The maximum absolute atomic E-state index is 11.8. The second kappa shape index (κ2) is 8.97. The molecule has 0 atom stereocenters. The highest BCUT2D eigenvalue weighted by atomic mass is 19.4. The number of ether oxygens (including phenoxy) is 1. The van der Waals surface area contributed by atoms with Gasteiger partial charge in [-0.25, -0.2) is 4.79 Å². The van der Waals surface area contributed by atoms with Crippen LogP contribution in [-0.4, -0.2) is 42.4 Å². The second-order valence-electron chi connectivity index (χ2n) is 5.52. The first-order valence-corrected chi connectivity index (χ1v) is 7.52. The van der Waals surface area contributed by atoms with E-state index in [1.807, 2.05) is 0 Å². The maximum atomic E-state index is 11.8. The van der Waals surface area contributed by atoms with E-state index in [1.165, 1.54) is 19.3 Å². The Bertz CT molecular complexity index is 362. The summed E-state index contributed by atoms with van der Waals surface area (Å²) in [6, 6.07) is 0. The number of carbonyl (C=O) groups excluding carboxylic acids is 1. The highest BCUT2D eigenvalue weighted by molar-refractivity contribution is 5.73. The van der Waals surface area contributed by atoms with Crippen LogP contribution in [-0.2, 0) is 14.3 Å². The molecule has 2 fully saturated rings. The van der Waals surface area contributed by atoms with Crippen LogP contribution in [0.5, 0.6) is 0 Å². The molecule has 0 spiro atoms. The predicted octanol–water partition coefficient (Wildman–Crippen LogP) is 2.50. The smallest absolute Gasteiger partial charge is 0.475 e. The Morgan fingerprint density at radius 1 is 1.00 bits per heavy atom. The standard InChI is InChI=1S/C12H21NO2.C2HF3O2/c14-12(10-6-8-13-9-7-10)15-11-4-2-1-3-5-11;3-2(4,5)1(6)7/h10-11,13H,1-9H2;(H,6,7). The number of carbonyl (C=O) groups is 2. The average Bonchev–Trinajstić information content (AvgIpc) is 2.49. The highest BCUT2D eigenvalue weighted by Gasteiger charge is 2.38. The minimum absolute atomic E-state index is 0.0587. The molecule has 0 aromatic heterocycles. The van der Waals surface area contributed by atoms with Crippen molar-refractivity contribution in [3.05, 3.63) is 0 Å². The summed E-state index contributed by atoms with van der Waals surface area (Å²) in [6.45, 7) is 1.93. The number of carboxylic acids is 1. The Hall–Kier alpha value is -1.31. The lowest BCUT2D eigenvalue weighted by Crippen LogP contribution is -2.34. The zero-order chi connectivity index (χ0) is 16.6. The van der Waals surface area contributed by atoms with Crippen LogP contribution in [0.4, 0.5) is 13.2 Å². The van der Waals surface area contributed by atoms with Crippen molar-refractivity contribution in [3.8, 4) is 0 Å². The summed E-state index contributed by atoms with van der Waals surface area (Å²) in [5.74, 6) is -2.54. The molecule has 0 aromatic carbocycles. The molecule has 2 aliphatic rings. The SMILES string of the molecule is O=C(O)C(F)(F)F.O=C(OC1CCCCC1)C1CCNCC1. The van der Waals surface area contributed by atoms with E-state index >= 15 is 0 Å². The monoisotopic (exact) mass is 325 g/mol. The lowest BCUT2D eigenvalue weighted by Gasteiger charge is -2.26. The number of halogens is 3. The number of esters is 1. The van der Waals surface area contributed by atoms with Crippen LogP contribution in [0.3, 0.4) is 0 Å². The molecule has 0 amide bonds. The van der Waals surface area contributed by atoms with Crippen molar-refractivity contribution in [1.29, 1.82) is 0 Å². The molecule has 0 aromatic rings. The van der Waals surface area contributed by atoms with Gasteiger partial charge in [0.15, 0.2) is 0 Å². The molecule has 1 heterocycles. The zero-order valence-electron chi connectivity index (χ0n) is 12.3. The van der Waals surface area contributed by atoms with Crippen LogP contribution in [0.1, 0.15) is 44.9 Å². The minimum Gasteiger partial charge on any atom is -0.475 e. The molecule has 2 N–H and O–H groups in total. The fourth-order valence-corrected chi connectivity index (χ4v) is 2.50. The Kier molecular flexibility index (Phi) is 7.64. The number of piperidine rings is 1. The minimum atomic E-state index is -5.08. The molecule has 1 aliphatic heterocycles. The predicted molar refractivity (Wildman–Crippen MR) is 72.2 cm³/mol. The van der Waals surface area contributed by atoms with Crippen LogP contribution in [0.2, 0.25) is 0 Å². The largest absolute Gasteiger partial charge is 0.490 e. The van der Waals surface area contributed by atoms with Crippen LogP contribution in [0.25, 0.3) is 0 Å². The van der Waals surface area contributed by atoms with Gasteiger partial charge in [-0.1, -0.05) is 6.42 Å². The molecule has 8 heteroatoms. The van der Waals surface area contributed by atoms with Gasteiger partial charge in [-0.3, -0.25) is 4.79 Å². The van der Waals surface area contributed by atoms with Crippen LogP contribution in [0.15, 0.2) is 0 Å². The number of alkyl halides is 3. The molecule has 0 bridgehead atoms. The van der Waals surface area contributed by atoms with E-state index in [0.717, 1.165) is 38.8 Å². The Balaban J connectivity index is 0.000000295. The molecule has 22 heavy (non-hydrogen) atoms. The molecule has 5 nitrogen and oxygen atoms in total.